The predicted octanol–water partition coefficient (Wildman–Crippen LogP) is -0.182. The van der Waals surface area contributed by atoms with Gasteiger partial charge in [-0.15, -0.1) is 0 Å². The van der Waals surface area contributed by atoms with E-state index in [0.29, 0.717) is 12.6 Å². The molecule has 0 aromatic carbocycles. The van der Waals surface area contributed by atoms with Gasteiger partial charge in [-0.1, -0.05) is 0 Å². The standard InChI is InChI=1S/C9H23N3.C4H12N2/c1-8(11-7-6-10)9(2,3)12(4)5;1-6-4-2-3-5/h8,11H,6-7,10H2,1-5H3;6H,2-5H2,1H3. The third-order valence-electron chi connectivity index (χ3n) is 3.44. The van der Waals surface area contributed by atoms with Crippen molar-refractivity contribution < 1.29 is 0 Å². The first-order valence-electron chi connectivity index (χ1n) is 6.80. The van der Waals surface area contributed by atoms with E-state index < -0.39 is 0 Å². The summed E-state index contributed by atoms with van der Waals surface area (Å²) in [6, 6.07) is 0.455. The van der Waals surface area contributed by atoms with Gasteiger partial charge in [-0.25, -0.2) is 0 Å². The molecule has 0 heterocycles. The van der Waals surface area contributed by atoms with Crippen LogP contribution in [0.5, 0.6) is 0 Å². The van der Waals surface area contributed by atoms with Crippen LogP contribution in [0.15, 0.2) is 0 Å². The van der Waals surface area contributed by atoms with Gasteiger partial charge in [0, 0.05) is 24.7 Å². The monoisotopic (exact) mass is 261 g/mol. The number of nitrogens with two attached hydrogens (primary N) is 2. The second-order valence-electron chi connectivity index (χ2n) is 5.26. The molecular weight excluding hydrogens is 226 g/mol. The summed E-state index contributed by atoms with van der Waals surface area (Å²) in [6.45, 7) is 10.1. The van der Waals surface area contributed by atoms with E-state index in [4.69, 9.17) is 11.5 Å². The molecule has 0 amide bonds. The molecule has 0 aliphatic rings. The maximum Gasteiger partial charge on any atom is 0.0297 e. The van der Waals surface area contributed by atoms with Gasteiger partial charge >= 0.3 is 0 Å². The largest absolute Gasteiger partial charge is 0.330 e. The lowest BCUT2D eigenvalue weighted by Gasteiger charge is -2.38. The third kappa shape index (κ3) is 9.79. The molecule has 5 nitrogen and oxygen atoms in total. The Balaban J connectivity index is 0. The minimum absolute atomic E-state index is 0.176. The van der Waals surface area contributed by atoms with Gasteiger partial charge in [-0.3, -0.25) is 0 Å². The highest BCUT2D eigenvalue weighted by atomic mass is 15.2. The summed E-state index contributed by atoms with van der Waals surface area (Å²) in [6.07, 6.45) is 1.08. The topological polar surface area (TPSA) is 79.3 Å². The zero-order valence-electron chi connectivity index (χ0n) is 13.2. The summed E-state index contributed by atoms with van der Waals surface area (Å²) in [7, 11) is 6.12. The van der Waals surface area contributed by atoms with Crippen LogP contribution >= 0.6 is 0 Å². The van der Waals surface area contributed by atoms with Crippen LogP contribution in [0.3, 0.4) is 0 Å². The number of nitrogens with one attached hydrogen (secondary N) is 2. The van der Waals surface area contributed by atoms with Crippen molar-refractivity contribution in [2.45, 2.75) is 38.8 Å². The van der Waals surface area contributed by atoms with Crippen molar-refractivity contribution >= 4 is 0 Å². The average Bonchev–Trinajstić information content (AvgIpc) is 2.33. The Morgan fingerprint density at radius 2 is 1.67 bits per heavy atom. The van der Waals surface area contributed by atoms with Crippen LogP contribution < -0.4 is 22.1 Å². The zero-order chi connectivity index (χ0) is 14.6. The summed E-state index contributed by atoms with van der Waals surface area (Å²) in [4.78, 5) is 2.22. The molecule has 1 atom stereocenters. The molecule has 0 aromatic heterocycles. The highest BCUT2D eigenvalue weighted by Gasteiger charge is 2.27. The third-order valence-corrected chi connectivity index (χ3v) is 3.44. The fraction of sp³-hybridized carbons (Fsp3) is 1.00. The molecule has 18 heavy (non-hydrogen) atoms. The molecule has 0 bridgehead atoms. The number of nitrogens with zero attached hydrogens (tertiary/aromatic N) is 1. The predicted molar refractivity (Wildman–Crippen MR) is 81.9 cm³/mol. The maximum absolute atomic E-state index is 5.42. The van der Waals surface area contributed by atoms with E-state index in [9.17, 15) is 0 Å². The van der Waals surface area contributed by atoms with Gasteiger partial charge in [-0.05, 0) is 61.4 Å². The number of hydrogen-bond donors (Lipinski definition) is 4. The molecule has 0 saturated heterocycles. The van der Waals surface area contributed by atoms with Crippen molar-refractivity contribution in [1.29, 1.82) is 0 Å². The molecule has 0 spiro atoms. The van der Waals surface area contributed by atoms with Gasteiger partial charge < -0.3 is 27.0 Å². The van der Waals surface area contributed by atoms with E-state index >= 15 is 0 Å². The van der Waals surface area contributed by atoms with Gasteiger partial charge in [0.25, 0.3) is 0 Å². The molecule has 1 unspecified atom stereocenters. The molecule has 0 aliphatic heterocycles. The normalized spacial score (nSPS) is 13.2. The molecular formula is C13H35N5. The Kier molecular flexibility index (Phi) is 13.3. The molecule has 5 heteroatoms. The lowest BCUT2D eigenvalue weighted by atomic mass is 9.95. The lowest BCUT2D eigenvalue weighted by Crippen LogP contribution is -2.54. The van der Waals surface area contributed by atoms with E-state index in [-0.39, 0.29) is 5.54 Å². The van der Waals surface area contributed by atoms with Gasteiger partial charge in [-0.2, -0.15) is 0 Å². The fourth-order valence-electron chi connectivity index (χ4n) is 1.22. The smallest absolute Gasteiger partial charge is 0.0297 e. The van der Waals surface area contributed by atoms with E-state index in [1.807, 2.05) is 7.05 Å². The van der Waals surface area contributed by atoms with Gasteiger partial charge in [0.15, 0.2) is 0 Å². The maximum atomic E-state index is 5.42. The molecule has 112 valence electrons. The first-order valence-corrected chi connectivity index (χ1v) is 6.80. The average molecular weight is 261 g/mol. The minimum Gasteiger partial charge on any atom is -0.330 e. The van der Waals surface area contributed by atoms with E-state index in [1.54, 1.807) is 0 Å². The first kappa shape index (κ1) is 20.1. The number of hydrogen-bond acceptors (Lipinski definition) is 5. The molecule has 0 saturated carbocycles. The Hall–Kier alpha value is -0.200. The first-order chi connectivity index (χ1) is 8.34. The quantitative estimate of drug-likeness (QED) is 0.456. The Labute approximate surface area is 114 Å². The second kappa shape index (κ2) is 11.9. The van der Waals surface area contributed by atoms with Crippen molar-refractivity contribution in [3.8, 4) is 0 Å². The van der Waals surface area contributed by atoms with Crippen molar-refractivity contribution in [1.82, 2.24) is 15.5 Å². The van der Waals surface area contributed by atoms with Crippen LogP contribution in [-0.2, 0) is 0 Å². The Morgan fingerprint density at radius 1 is 1.11 bits per heavy atom. The Morgan fingerprint density at radius 3 is 1.94 bits per heavy atom. The van der Waals surface area contributed by atoms with Crippen molar-refractivity contribution in [3.63, 3.8) is 0 Å². The highest BCUT2D eigenvalue weighted by molar-refractivity contribution is 4.88. The van der Waals surface area contributed by atoms with Crippen molar-refractivity contribution in [2.75, 3.05) is 47.3 Å². The van der Waals surface area contributed by atoms with Crippen molar-refractivity contribution in [3.05, 3.63) is 0 Å². The fourth-order valence-corrected chi connectivity index (χ4v) is 1.22. The summed E-state index contributed by atoms with van der Waals surface area (Å²) >= 11 is 0. The van der Waals surface area contributed by atoms with Crippen LogP contribution in [0, 0.1) is 0 Å². The zero-order valence-corrected chi connectivity index (χ0v) is 13.2. The molecule has 0 aromatic rings. The molecule has 6 N–H and O–H groups in total. The minimum atomic E-state index is 0.176. The van der Waals surface area contributed by atoms with Gasteiger partial charge in [0.05, 0.1) is 0 Å². The molecule has 0 rings (SSSR count). The second-order valence-corrected chi connectivity index (χ2v) is 5.26. The highest BCUT2D eigenvalue weighted by Crippen LogP contribution is 2.14. The van der Waals surface area contributed by atoms with E-state index in [2.05, 4.69) is 50.4 Å². The molecule has 0 aliphatic carbocycles. The van der Waals surface area contributed by atoms with Gasteiger partial charge in [0.2, 0.25) is 0 Å². The van der Waals surface area contributed by atoms with Crippen LogP contribution in [0.1, 0.15) is 27.2 Å². The summed E-state index contributed by atoms with van der Waals surface area (Å²) in [5.74, 6) is 0. The van der Waals surface area contributed by atoms with Crippen LogP contribution in [-0.4, -0.2) is 63.8 Å². The summed E-state index contributed by atoms with van der Waals surface area (Å²) < 4.78 is 0. The lowest BCUT2D eigenvalue weighted by molar-refractivity contribution is 0.147. The van der Waals surface area contributed by atoms with E-state index in [1.165, 1.54) is 0 Å². The summed E-state index contributed by atoms with van der Waals surface area (Å²) in [5, 5.41) is 6.38. The Bertz CT molecular complexity index is 167. The summed E-state index contributed by atoms with van der Waals surface area (Å²) in [5.41, 5.74) is 10.8. The van der Waals surface area contributed by atoms with Crippen LogP contribution in [0.2, 0.25) is 0 Å². The molecule has 0 fully saturated rings. The van der Waals surface area contributed by atoms with Gasteiger partial charge in [0.1, 0.15) is 0 Å². The number of rotatable bonds is 8. The van der Waals surface area contributed by atoms with Crippen LogP contribution in [0.4, 0.5) is 0 Å². The van der Waals surface area contributed by atoms with E-state index in [0.717, 1.165) is 26.1 Å². The van der Waals surface area contributed by atoms with Crippen molar-refractivity contribution in [2.24, 2.45) is 11.5 Å². The van der Waals surface area contributed by atoms with Crippen LogP contribution in [0.25, 0.3) is 0 Å². The molecule has 0 radical (unpaired) electrons. The SMILES string of the molecule is CC(NCCN)C(C)(C)N(C)C.CNCCCN. The number of likely N-dealkylation sites (N-methyl/N-ethyl adjacent to an activating group) is 1.